The quantitative estimate of drug-likeness (QED) is 0.897. The highest BCUT2D eigenvalue weighted by Gasteiger charge is 2.09. The minimum atomic E-state index is 0.310. The van der Waals surface area contributed by atoms with Crippen LogP contribution >= 0.6 is 27.5 Å². The first-order chi connectivity index (χ1) is 8.47. The average molecular weight is 327 g/mol. The van der Waals surface area contributed by atoms with Crippen molar-refractivity contribution in [2.75, 3.05) is 5.73 Å². The van der Waals surface area contributed by atoms with Crippen LogP contribution < -0.4 is 5.73 Å². The number of halogens is 2. The van der Waals surface area contributed by atoms with Gasteiger partial charge in [-0.25, -0.2) is 9.97 Å². The van der Waals surface area contributed by atoms with Crippen LogP contribution in [0.25, 0.3) is 11.4 Å². The van der Waals surface area contributed by atoms with E-state index in [4.69, 9.17) is 17.3 Å². The molecule has 18 heavy (non-hydrogen) atoms. The molecule has 2 N–H and O–H groups in total. The van der Waals surface area contributed by atoms with Crippen molar-refractivity contribution in [1.29, 1.82) is 0 Å². The third-order valence-electron chi connectivity index (χ3n) is 2.54. The molecule has 0 aliphatic heterocycles. The highest BCUT2D eigenvalue weighted by atomic mass is 79.9. The van der Waals surface area contributed by atoms with Gasteiger partial charge in [0.15, 0.2) is 5.82 Å². The molecule has 0 amide bonds. The Morgan fingerprint density at radius 3 is 2.56 bits per heavy atom. The van der Waals surface area contributed by atoms with E-state index in [9.17, 15) is 0 Å². The normalized spacial score (nSPS) is 10.9. The zero-order chi connectivity index (χ0) is 13.3. The molecule has 0 saturated heterocycles. The molecule has 5 heteroatoms. The third-order valence-corrected chi connectivity index (χ3v) is 3.75. The molecule has 0 aliphatic carbocycles. The number of rotatable bonds is 2. The molecule has 0 unspecified atom stereocenters. The zero-order valence-corrected chi connectivity index (χ0v) is 12.5. The van der Waals surface area contributed by atoms with Crippen LogP contribution in [0.15, 0.2) is 28.7 Å². The maximum atomic E-state index is 5.97. The molecule has 0 spiro atoms. The van der Waals surface area contributed by atoms with E-state index < -0.39 is 0 Å². The Bertz CT molecular complexity index is 584. The topological polar surface area (TPSA) is 51.8 Å². The molecule has 1 heterocycles. The van der Waals surface area contributed by atoms with E-state index in [1.54, 1.807) is 6.07 Å². The number of nitrogens with zero attached hydrogens (tertiary/aromatic N) is 2. The van der Waals surface area contributed by atoms with Gasteiger partial charge in [0, 0.05) is 21.8 Å². The number of nitrogens with two attached hydrogens (primary N) is 1. The van der Waals surface area contributed by atoms with E-state index >= 15 is 0 Å². The lowest BCUT2D eigenvalue weighted by molar-refractivity contribution is 0.818. The first-order valence-corrected chi connectivity index (χ1v) is 6.74. The standard InChI is InChI=1S/C13H13BrClN3/c1-7(2)11-6-12(16)18-13(17-11)8-3-4-10(15)9(14)5-8/h3-7H,1-2H3,(H2,16,17,18). The Kier molecular flexibility index (Phi) is 3.88. The summed E-state index contributed by atoms with van der Waals surface area (Å²) >= 11 is 9.36. The van der Waals surface area contributed by atoms with Crippen molar-refractivity contribution in [3.63, 3.8) is 0 Å². The van der Waals surface area contributed by atoms with E-state index in [1.165, 1.54) is 0 Å². The molecule has 2 aromatic rings. The number of aromatic nitrogens is 2. The van der Waals surface area contributed by atoms with Crippen molar-refractivity contribution in [3.8, 4) is 11.4 Å². The summed E-state index contributed by atoms with van der Waals surface area (Å²) in [5.41, 5.74) is 7.64. The largest absolute Gasteiger partial charge is 0.384 e. The fourth-order valence-corrected chi connectivity index (χ4v) is 2.04. The summed E-state index contributed by atoms with van der Waals surface area (Å²) in [4.78, 5) is 8.78. The highest BCUT2D eigenvalue weighted by molar-refractivity contribution is 9.10. The summed E-state index contributed by atoms with van der Waals surface area (Å²) in [7, 11) is 0. The van der Waals surface area contributed by atoms with Gasteiger partial charge in [-0.1, -0.05) is 25.4 Å². The summed E-state index contributed by atoms with van der Waals surface area (Å²) in [6.07, 6.45) is 0. The monoisotopic (exact) mass is 325 g/mol. The Balaban J connectivity index is 2.53. The second kappa shape index (κ2) is 5.24. The lowest BCUT2D eigenvalue weighted by Gasteiger charge is -2.09. The summed E-state index contributed by atoms with van der Waals surface area (Å²) in [6.45, 7) is 4.15. The summed E-state index contributed by atoms with van der Waals surface area (Å²) in [6, 6.07) is 7.38. The van der Waals surface area contributed by atoms with Gasteiger partial charge in [-0.3, -0.25) is 0 Å². The Morgan fingerprint density at radius 2 is 1.94 bits per heavy atom. The number of hydrogen-bond donors (Lipinski definition) is 1. The highest BCUT2D eigenvalue weighted by Crippen LogP contribution is 2.28. The molecule has 2 rings (SSSR count). The molecule has 0 radical (unpaired) electrons. The van der Waals surface area contributed by atoms with Crippen LogP contribution in [-0.4, -0.2) is 9.97 Å². The van der Waals surface area contributed by atoms with Crippen molar-refractivity contribution in [1.82, 2.24) is 9.97 Å². The fourth-order valence-electron chi connectivity index (χ4n) is 1.55. The van der Waals surface area contributed by atoms with Gasteiger partial charge >= 0.3 is 0 Å². The molecule has 1 aromatic heterocycles. The number of benzene rings is 1. The van der Waals surface area contributed by atoms with Gasteiger partial charge in [0.2, 0.25) is 0 Å². The molecule has 3 nitrogen and oxygen atoms in total. The van der Waals surface area contributed by atoms with Crippen molar-refractivity contribution < 1.29 is 0 Å². The fraction of sp³-hybridized carbons (Fsp3) is 0.231. The minimum absolute atomic E-state index is 0.310. The molecule has 0 fully saturated rings. The molecule has 1 aromatic carbocycles. The van der Waals surface area contributed by atoms with Crippen LogP contribution in [0.1, 0.15) is 25.5 Å². The number of anilines is 1. The van der Waals surface area contributed by atoms with E-state index in [0.29, 0.717) is 22.6 Å². The number of hydrogen-bond acceptors (Lipinski definition) is 3. The summed E-state index contributed by atoms with van der Waals surface area (Å²) in [5.74, 6) is 1.41. The zero-order valence-electron chi connectivity index (χ0n) is 10.1. The summed E-state index contributed by atoms with van der Waals surface area (Å²) in [5, 5.41) is 0.659. The molecular weight excluding hydrogens is 314 g/mol. The van der Waals surface area contributed by atoms with Crippen LogP contribution in [0, 0.1) is 0 Å². The van der Waals surface area contributed by atoms with Gasteiger partial charge in [0.25, 0.3) is 0 Å². The van der Waals surface area contributed by atoms with Gasteiger partial charge in [-0.15, -0.1) is 0 Å². The Labute approximate surface area is 120 Å². The van der Waals surface area contributed by atoms with E-state index in [2.05, 4.69) is 39.7 Å². The van der Waals surface area contributed by atoms with Gasteiger partial charge in [0.1, 0.15) is 5.82 Å². The third kappa shape index (κ3) is 2.82. The first-order valence-electron chi connectivity index (χ1n) is 5.57. The van der Waals surface area contributed by atoms with Crippen LogP contribution in [0.3, 0.4) is 0 Å². The van der Waals surface area contributed by atoms with E-state index in [-0.39, 0.29) is 0 Å². The van der Waals surface area contributed by atoms with Gasteiger partial charge < -0.3 is 5.73 Å². The van der Waals surface area contributed by atoms with E-state index in [1.807, 2.05) is 18.2 Å². The van der Waals surface area contributed by atoms with Crippen LogP contribution in [0.4, 0.5) is 5.82 Å². The van der Waals surface area contributed by atoms with Crippen molar-refractivity contribution in [2.45, 2.75) is 19.8 Å². The molecule has 0 atom stereocenters. The van der Waals surface area contributed by atoms with Crippen LogP contribution in [0.2, 0.25) is 5.02 Å². The molecule has 0 bridgehead atoms. The van der Waals surface area contributed by atoms with Crippen molar-refractivity contribution in [2.24, 2.45) is 0 Å². The van der Waals surface area contributed by atoms with Crippen LogP contribution in [0.5, 0.6) is 0 Å². The van der Waals surface area contributed by atoms with Gasteiger partial charge in [-0.05, 0) is 40.0 Å². The lowest BCUT2D eigenvalue weighted by Crippen LogP contribution is -2.01. The second-order valence-electron chi connectivity index (χ2n) is 4.32. The van der Waals surface area contributed by atoms with E-state index in [0.717, 1.165) is 15.7 Å². The van der Waals surface area contributed by atoms with Crippen molar-refractivity contribution in [3.05, 3.63) is 39.5 Å². The molecule has 94 valence electrons. The minimum Gasteiger partial charge on any atom is -0.384 e. The van der Waals surface area contributed by atoms with Gasteiger partial charge in [0.05, 0.1) is 5.02 Å². The second-order valence-corrected chi connectivity index (χ2v) is 5.59. The average Bonchev–Trinajstić information content (AvgIpc) is 2.31. The maximum absolute atomic E-state index is 5.97. The Hall–Kier alpha value is -1.13. The lowest BCUT2D eigenvalue weighted by atomic mass is 10.1. The first kappa shape index (κ1) is 13.3. The molecule has 0 aliphatic rings. The van der Waals surface area contributed by atoms with Gasteiger partial charge in [-0.2, -0.15) is 0 Å². The summed E-state index contributed by atoms with van der Waals surface area (Å²) < 4.78 is 0.818. The van der Waals surface area contributed by atoms with Crippen molar-refractivity contribution >= 4 is 33.3 Å². The maximum Gasteiger partial charge on any atom is 0.161 e. The van der Waals surface area contributed by atoms with Crippen LogP contribution in [-0.2, 0) is 0 Å². The smallest absolute Gasteiger partial charge is 0.161 e. The number of nitrogen functional groups attached to an aromatic ring is 1. The SMILES string of the molecule is CC(C)c1cc(N)nc(-c2ccc(Cl)c(Br)c2)n1. The molecule has 0 saturated carbocycles. The Morgan fingerprint density at radius 1 is 1.22 bits per heavy atom. The predicted molar refractivity (Wildman–Crippen MR) is 78.7 cm³/mol. The molecular formula is C13H13BrClN3. The predicted octanol–water partition coefficient (Wildman–Crippen LogP) is 4.27.